The number of likely N-dealkylation sites (tertiary alicyclic amines) is 1. The van der Waals surface area contributed by atoms with Crippen LogP contribution in [0.25, 0.3) is 0 Å². The molecule has 2 N–H and O–H groups in total. The number of methoxy groups -OCH3 is 1. The number of benzene rings is 2. The minimum Gasteiger partial charge on any atom is -0.399 e. The van der Waals surface area contributed by atoms with Gasteiger partial charge in [0, 0.05) is 38.5 Å². The molecule has 1 aliphatic carbocycles. The molecule has 0 bridgehead atoms. The van der Waals surface area contributed by atoms with Gasteiger partial charge in [0.25, 0.3) is 0 Å². The molecule has 1 atom stereocenters. The average molecular weight is 444 g/mol. The predicted molar refractivity (Wildman–Crippen MR) is 123 cm³/mol. The molecule has 7 heteroatoms. The molecule has 31 heavy (non-hydrogen) atoms. The van der Waals surface area contributed by atoms with E-state index in [0.717, 1.165) is 38.8 Å². The van der Waals surface area contributed by atoms with E-state index >= 15 is 0 Å². The summed E-state index contributed by atoms with van der Waals surface area (Å²) in [5.41, 5.74) is 9.22. The fourth-order valence-corrected chi connectivity index (χ4v) is 6.54. The summed E-state index contributed by atoms with van der Waals surface area (Å²) in [7, 11) is -2.02. The van der Waals surface area contributed by atoms with Gasteiger partial charge < -0.3 is 10.5 Å². The van der Waals surface area contributed by atoms with Crippen LogP contribution >= 0.6 is 0 Å². The number of nitrogens with two attached hydrogens (primary N) is 1. The third kappa shape index (κ3) is 5.12. The van der Waals surface area contributed by atoms with Gasteiger partial charge in [-0.25, -0.2) is 8.42 Å². The molecule has 0 amide bonds. The molecule has 0 aromatic heterocycles. The maximum atomic E-state index is 13.4. The Labute approximate surface area is 186 Å². The zero-order valence-electron chi connectivity index (χ0n) is 18.2. The summed E-state index contributed by atoms with van der Waals surface area (Å²) in [6.07, 6.45) is 4.34. The first-order valence-corrected chi connectivity index (χ1v) is 12.6. The number of piperidine rings is 1. The molecule has 0 saturated carbocycles. The molecule has 1 unspecified atom stereocenters. The highest BCUT2D eigenvalue weighted by molar-refractivity contribution is 7.89. The number of rotatable bonds is 8. The Balaban J connectivity index is 1.46. The van der Waals surface area contributed by atoms with Crippen molar-refractivity contribution in [3.63, 3.8) is 0 Å². The molecule has 4 rings (SSSR count). The Kier molecular flexibility index (Phi) is 6.96. The Morgan fingerprint density at radius 1 is 1.13 bits per heavy atom. The molecular weight excluding hydrogens is 410 g/mol. The zero-order valence-corrected chi connectivity index (χ0v) is 19.1. The lowest BCUT2D eigenvalue weighted by Crippen LogP contribution is -2.47. The molecule has 2 aliphatic rings. The van der Waals surface area contributed by atoms with Crippen molar-refractivity contribution >= 4 is 15.7 Å². The van der Waals surface area contributed by atoms with E-state index in [-0.39, 0.29) is 4.90 Å². The quantitative estimate of drug-likeness (QED) is 0.635. The highest BCUT2D eigenvalue weighted by Gasteiger charge is 2.33. The zero-order chi connectivity index (χ0) is 21.8. The van der Waals surface area contributed by atoms with Crippen molar-refractivity contribution in [2.24, 2.45) is 5.92 Å². The van der Waals surface area contributed by atoms with E-state index in [1.54, 1.807) is 29.6 Å². The van der Waals surface area contributed by atoms with Crippen LogP contribution in [-0.2, 0) is 27.6 Å². The number of anilines is 1. The van der Waals surface area contributed by atoms with Crippen molar-refractivity contribution in [1.29, 1.82) is 0 Å². The first-order valence-electron chi connectivity index (χ1n) is 11.1. The highest BCUT2D eigenvalue weighted by atomic mass is 32.2. The summed E-state index contributed by atoms with van der Waals surface area (Å²) in [5.74, 6) is 0.310. The monoisotopic (exact) mass is 443 g/mol. The van der Waals surface area contributed by atoms with E-state index in [1.807, 2.05) is 0 Å². The third-order valence-corrected chi connectivity index (χ3v) is 8.46. The van der Waals surface area contributed by atoms with Gasteiger partial charge in [-0.1, -0.05) is 30.3 Å². The van der Waals surface area contributed by atoms with Crippen LogP contribution in [0.4, 0.5) is 5.69 Å². The largest absolute Gasteiger partial charge is 0.399 e. The van der Waals surface area contributed by atoms with E-state index < -0.39 is 10.0 Å². The summed E-state index contributed by atoms with van der Waals surface area (Å²) in [6.45, 7) is 3.26. The maximum Gasteiger partial charge on any atom is 0.243 e. The van der Waals surface area contributed by atoms with E-state index in [1.165, 1.54) is 17.2 Å². The Hall–Kier alpha value is -1.93. The van der Waals surface area contributed by atoms with E-state index in [0.29, 0.717) is 37.3 Å². The Morgan fingerprint density at radius 3 is 2.55 bits per heavy atom. The Morgan fingerprint density at radius 2 is 1.87 bits per heavy atom. The van der Waals surface area contributed by atoms with Crippen LogP contribution in [0.3, 0.4) is 0 Å². The van der Waals surface area contributed by atoms with Crippen LogP contribution in [0.5, 0.6) is 0 Å². The van der Waals surface area contributed by atoms with Crippen molar-refractivity contribution in [2.75, 3.05) is 45.6 Å². The molecular formula is C24H33N3O3S. The molecule has 2 aromatic carbocycles. The normalized spacial score (nSPS) is 20.3. The number of ether oxygens (including phenoxy) is 1. The molecule has 1 aliphatic heterocycles. The second kappa shape index (κ2) is 9.69. The van der Waals surface area contributed by atoms with Crippen molar-refractivity contribution in [2.45, 2.75) is 36.6 Å². The lowest BCUT2D eigenvalue weighted by atomic mass is 9.96. The van der Waals surface area contributed by atoms with E-state index in [4.69, 9.17) is 10.5 Å². The van der Waals surface area contributed by atoms with Crippen LogP contribution in [0, 0.1) is 5.92 Å². The highest BCUT2D eigenvalue weighted by Crippen LogP contribution is 2.30. The molecule has 168 valence electrons. The van der Waals surface area contributed by atoms with Crippen LogP contribution in [0.1, 0.15) is 24.0 Å². The van der Waals surface area contributed by atoms with Gasteiger partial charge in [0.05, 0.1) is 11.5 Å². The van der Waals surface area contributed by atoms with Crippen LogP contribution in [0.2, 0.25) is 0 Å². The second-order valence-electron chi connectivity index (χ2n) is 8.76. The smallest absolute Gasteiger partial charge is 0.243 e. The lowest BCUT2D eigenvalue weighted by molar-refractivity contribution is 0.109. The topological polar surface area (TPSA) is 75.9 Å². The summed E-state index contributed by atoms with van der Waals surface area (Å²) < 4.78 is 33.5. The summed E-state index contributed by atoms with van der Waals surface area (Å²) in [4.78, 5) is 2.83. The fourth-order valence-electron chi connectivity index (χ4n) is 4.99. The van der Waals surface area contributed by atoms with Gasteiger partial charge in [0.1, 0.15) is 0 Å². The summed E-state index contributed by atoms with van der Waals surface area (Å²) >= 11 is 0. The molecule has 1 fully saturated rings. The van der Waals surface area contributed by atoms with Gasteiger partial charge in [-0.3, -0.25) is 4.90 Å². The lowest BCUT2D eigenvalue weighted by Gasteiger charge is -2.38. The van der Waals surface area contributed by atoms with Crippen LogP contribution < -0.4 is 5.73 Å². The molecule has 0 spiro atoms. The number of sulfonamides is 1. The number of nitrogen functional groups attached to an aromatic ring is 1. The average Bonchev–Trinajstić information content (AvgIpc) is 3.21. The molecule has 1 saturated heterocycles. The second-order valence-corrected chi connectivity index (χ2v) is 10.7. The van der Waals surface area contributed by atoms with Crippen LogP contribution in [-0.4, -0.2) is 63.6 Å². The van der Waals surface area contributed by atoms with Gasteiger partial charge >= 0.3 is 0 Å². The molecule has 6 nitrogen and oxygen atoms in total. The first kappa shape index (κ1) is 22.3. The van der Waals surface area contributed by atoms with Crippen LogP contribution in [0.15, 0.2) is 53.4 Å². The minimum atomic E-state index is -3.62. The van der Waals surface area contributed by atoms with Crippen molar-refractivity contribution in [3.05, 3.63) is 59.7 Å². The predicted octanol–water partition coefficient (Wildman–Crippen LogP) is 2.79. The SMILES string of the molecule is COCCN(CC1CCCN(C2Cc3ccccc3C2)C1)S(=O)(=O)c1cccc(N)c1. The van der Waals surface area contributed by atoms with Gasteiger partial charge in [-0.15, -0.1) is 0 Å². The van der Waals surface area contributed by atoms with Gasteiger partial charge in [-0.05, 0) is 67.5 Å². The van der Waals surface area contributed by atoms with Crippen molar-refractivity contribution in [3.8, 4) is 0 Å². The fraction of sp³-hybridized carbons (Fsp3) is 0.500. The number of fused-ring (bicyclic) bond motifs is 1. The number of hydrogen-bond donors (Lipinski definition) is 1. The van der Waals surface area contributed by atoms with Gasteiger partial charge in [-0.2, -0.15) is 4.31 Å². The number of hydrogen-bond acceptors (Lipinski definition) is 5. The summed E-state index contributed by atoms with van der Waals surface area (Å²) in [6, 6.07) is 15.8. The van der Waals surface area contributed by atoms with Crippen molar-refractivity contribution < 1.29 is 13.2 Å². The molecule has 0 radical (unpaired) electrons. The molecule has 1 heterocycles. The standard InChI is InChI=1S/C24H33N3O3S/c1-30-13-12-27(31(28,29)24-10-4-9-22(25)16-24)18-19-6-5-11-26(17-19)23-14-20-7-2-3-8-21(20)15-23/h2-4,7-10,16,19,23H,5-6,11-15,17-18,25H2,1H3. The van der Waals surface area contributed by atoms with E-state index in [9.17, 15) is 8.42 Å². The minimum absolute atomic E-state index is 0.252. The van der Waals surface area contributed by atoms with Gasteiger partial charge in [0.2, 0.25) is 10.0 Å². The first-order chi connectivity index (χ1) is 15.0. The number of nitrogens with zero attached hydrogens (tertiary/aromatic N) is 2. The maximum absolute atomic E-state index is 13.4. The van der Waals surface area contributed by atoms with E-state index in [2.05, 4.69) is 29.2 Å². The third-order valence-electron chi connectivity index (χ3n) is 6.60. The van der Waals surface area contributed by atoms with Crippen molar-refractivity contribution in [1.82, 2.24) is 9.21 Å². The Bertz CT molecular complexity index is 970. The molecule has 2 aromatic rings. The van der Waals surface area contributed by atoms with Gasteiger partial charge in [0.15, 0.2) is 0 Å². The summed E-state index contributed by atoms with van der Waals surface area (Å²) in [5, 5.41) is 0.